The van der Waals surface area contributed by atoms with Crippen LogP contribution < -0.4 is 0 Å². The third kappa shape index (κ3) is 3.57. The van der Waals surface area contributed by atoms with E-state index in [1.165, 1.54) is 6.07 Å². The second-order valence-electron chi connectivity index (χ2n) is 4.46. The number of aromatic hydroxyl groups is 1. The van der Waals surface area contributed by atoms with E-state index in [0.717, 1.165) is 10.2 Å². The molecule has 2 aromatic rings. The van der Waals surface area contributed by atoms with Crippen LogP contribution in [-0.4, -0.2) is 34.5 Å². The van der Waals surface area contributed by atoms with E-state index in [1.54, 1.807) is 30.3 Å². The van der Waals surface area contributed by atoms with E-state index in [9.17, 15) is 9.90 Å². The number of aromatic nitrogens is 1. The van der Waals surface area contributed by atoms with E-state index in [2.05, 4.69) is 20.9 Å². The van der Waals surface area contributed by atoms with Crippen molar-refractivity contribution in [3.05, 3.63) is 58.3 Å². The molecule has 20 heavy (non-hydrogen) atoms. The average molecular weight is 335 g/mol. The van der Waals surface area contributed by atoms with Crippen molar-refractivity contribution in [2.75, 3.05) is 13.6 Å². The second kappa shape index (κ2) is 6.52. The number of phenols is 1. The summed E-state index contributed by atoms with van der Waals surface area (Å²) in [6.45, 7) is 0.547. The number of phenolic OH excluding ortho intramolecular Hbond substituents is 1. The van der Waals surface area contributed by atoms with Crippen molar-refractivity contribution >= 4 is 21.8 Å². The van der Waals surface area contributed by atoms with Gasteiger partial charge in [0.15, 0.2) is 0 Å². The van der Waals surface area contributed by atoms with Crippen molar-refractivity contribution < 1.29 is 9.90 Å². The Morgan fingerprint density at radius 2 is 2.15 bits per heavy atom. The molecular weight excluding hydrogens is 320 g/mol. The molecular formula is C15H15BrN2O2. The van der Waals surface area contributed by atoms with Gasteiger partial charge in [-0.2, -0.15) is 0 Å². The number of carbonyl (C=O) groups is 1. The summed E-state index contributed by atoms with van der Waals surface area (Å²) in [5, 5.41) is 9.81. The van der Waals surface area contributed by atoms with Gasteiger partial charge in [0.1, 0.15) is 5.75 Å². The molecule has 1 heterocycles. The van der Waals surface area contributed by atoms with E-state index in [0.29, 0.717) is 18.5 Å². The fraction of sp³-hybridized carbons (Fsp3) is 0.200. The Kier molecular flexibility index (Phi) is 4.74. The highest BCUT2D eigenvalue weighted by Gasteiger charge is 2.15. The summed E-state index contributed by atoms with van der Waals surface area (Å²) in [6.07, 6.45) is 2.41. The summed E-state index contributed by atoms with van der Waals surface area (Å²) in [5.41, 5.74) is 1.24. The largest absolute Gasteiger partial charge is 0.507 e. The summed E-state index contributed by atoms with van der Waals surface area (Å²) < 4.78 is 0.739. The molecule has 104 valence electrons. The first-order valence-corrected chi connectivity index (χ1v) is 7.01. The smallest absolute Gasteiger partial charge is 0.257 e. The fourth-order valence-electron chi connectivity index (χ4n) is 1.82. The van der Waals surface area contributed by atoms with Gasteiger partial charge in [0, 0.05) is 36.4 Å². The number of carbonyl (C=O) groups excluding carboxylic acids is 1. The minimum atomic E-state index is -0.203. The molecule has 0 unspecified atom stereocenters. The van der Waals surface area contributed by atoms with Crippen LogP contribution in [0.4, 0.5) is 0 Å². The first kappa shape index (κ1) is 14.5. The number of rotatable bonds is 4. The predicted molar refractivity (Wildman–Crippen MR) is 80.7 cm³/mol. The maximum absolute atomic E-state index is 12.2. The Hall–Kier alpha value is -1.88. The lowest BCUT2D eigenvalue weighted by Gasteiger charge is -2.17. The van der Waals surface area contributed by atoms with Crippen LogP contribution >= 0.6 is 15.9 Å². The molecule has 0 radical (unpaired) electrons. The van der Waals surface area contributed by atoms with Crippen molar-refractivity contribution in [3.8, 4) is 5.75 Å². The van der Waals surface area contributed by atoms with Gasteiger partial charge in [-0.15, -0.1) is 0 Å². The molecule has 1 aromatic carbocycles. The molecule has 1 aromatic heterocycles. The summed E-state index contributed by atoms with van der Waals surface area (Å²) >= 11 is 3.25. The number of benzene rings is 1. The third-order valence-corrected chi connectivity index (χ3v) is 3.46. The van der Waals surface area contributed by atoms with Crippen LogP contribution in [0.1, 0.15) is 16.1 Å². The zero-order valence-corrected chi connectivity index (χ0v) is 12.7. The topological polar surface area (TPSA) is 53.4 Å². The van der Waals surface area contributed by atoms with Crippen LogP contribution in [0.15, 0.2) is 47.1 Å². The average Bonchev–Trinajstić information content (AvgIpc) is 2.45. The minimum absolute atomic E-state index is 0.0194. The molecule has 0 aliphatic carbocycles. The SMILES string of the molecule is CN(CCc1ccccn1)C(=O)c1ccc(Br)cc1O. The molecule has 4 nitrogen and oxygen atoms in total. The van der Waals surface area contributed by atoms with Crippen LogP contribution in [0, 0.1) is 0 Å². The lowest BCUT2D eigenvalue weighted by atomic mass is 10.1. The van der Waals surface area contributed by atoms with Gasteiger partial charge in [0.25, 0.3) is 5.91 Å². The number of hydrogen-bond donors (Lipinski definition) is 1. The van der Waals surface area contributed by atoms with Gasteiger partial charge >= 0.3 is 0 Å². The lowest BCUT2D eigenvalue weighted by molar-refractivity contribution is 0.0793. The summed E-state index contributed by atoms with van der Waals surface area (Å²) in [6, 6.07) is 10.6. The number of nitrogens with zero attached hydrogens (tertiary/aromatic N) is 2. The van der Waals surface area contributed by atoms with E-state index >= 15 is 0 Å². The van der Waals surface area contributed by atoms with Crippen LogP contribution in [0.3, 0.4) is 0 Å². The maximum atomic E-state index is 12.2. The van der Waals surface area contributed by atoms with E-state index in [-0.39, 0.29) is 11.7 Å². The number of halogens is 1. The Morgan fingerprint density at radius 1 is 1.35 bits per heavy atom. The Morgan fingerprint density at radius 3 is 2.80 bits per heavy atom. The van der Waals surface area contributed by atoms with Crippen LogP contribution in [-0.2, 0) is 6.42 Å². The third-order valence-electron chi connectivity index (χ3n) is 2.97. The molecule has 0 aliphatic heterocycles. The molecule has 5 heteroatoms. The monoisotopic (exact) mass is 334 g/mol. The maximum Gasteiger partial charge on any atom is 0.257 e. The van der Waals surface area contributed by atoms with Crippen LogP contribution in [0.5, 0.6) is 5.75 Å². The van der Waals surface area contributed by atoms with E-state index in [1.807, 2.05) is 18.2 Å². The normalized spacial score (nSPS) is 10.3. The zero-order valence-electron chi connectivity index (χ0n) is 11.1. The first-order chi connectivity index (χ1) is 9.58. The number of hydrogen-bond acceptors (Lipinski definition) is 3. The predicted octanol–water partition coefficient (Wildman–Crippen LogP) is 2.86. The summed E-state index contributed by atoms with van der Waals surface area (Å²) in [4.78, 5) is 18.0. The molecule has 0 fully saturated rings. The zero-order chi connectivity index (χ0) is 14.5. The van der Waals surface area contributed by atoms with Crippen LogP contribution in [0.25, 0.3) is 0 Å². The van der Waals surface area contributed by atoms with Crippen LogP contribution in [0.2, 0.25) is 0 Å². The van der Waals surface area contributed by atoms with Gasteiger partial charge in [-0.1, -0.05) is 22.0 Å². The molecule has 1 N–H and O–H groups in total. The van der Waals surface area contributed by atoms with Gasteiger partial charge in [-0.3, -0.25) is 9.78 Å². The molecule has 0 saturated heterocycles. The molecule has 0 spiro atoms. The Labute approximate surface area is 126 Å². The van der Waals surface area contributed by atoms with Crippen molar-refractivity contribution in [1.82, 2.24) is 9.88 Å². The molecule has 2 rings (SSSR count). The van der Waals surface area contributed by atoms with Gasteiger partial charge in [-0.25, -0.2) is 0 Å². The molecule has 0 aliphatic rings. The highest BCUT2D eigenvalue weighted by molar-refractivity contribution is 9.10. The van der Waals surface area contributed by atoms with Crippen molar-refractivity contribution in [1.29, 1.82) is 0 Å². The second-order valence-corrected chi connectivity index (χ2v) is 5.37. The first-order valence-electron chi connectivity index (χ1n) is 6.22. The van der Waals surface area contributed by atoms with Crippen molar-refractivity contribution in [2.24, 2.45) is 0 Å². The van der Waals surface area contributed by atoms with Gasteiger partial charge in [0.05, 0.1) is 5.56 Å². The number of likely N-dealkylation sites (N-methyl/N-ethyl adjacent to an activating group) is 1. The Balaban J connectivity index is 2.01. The fourth-order valence-corrected chi connectivity index (χ4v) is 2.17. The van der Waals surface area contributed by atoms with Crippen molar-refractivity contribution in [3.63, 3.8) is 0 Å². The highest BCUT2D eigenvalue weighted by Crippen LogP contribution is 2.23. The minimum Gasteiger partial charge on any atom is -0.507 e. The van der Waals surface area contributed by atoms with E-state index in [4.69, 9.17) is 0 Å². The molecule has 0 atom stereocenters. The lowest BCUT2D eigenvalue weighted by Crippen LogP contribution is -2.29. The van der Waals surface area contributed by atoms with E-state index < -0.39 is 0 Å². The van der Waals surface area contributed by atoms with Gasteiger partial charge < -0.3 is 10.0 Å². The summed E-state index contributed by atoms with van der Waals surface area (Å²) in [5.74, 6) is -0.222. The molecule has 1 amide bonds. The molecule has 0 saturated carbocycles. The van der Waals surface area contributed by atoms with Gasteiger partial charge in [0.2, 0.25) is 0 Å². The standard InChI is InChI=1S/C15H15BrN2O2/c1-18(9-7-12-4-2-3-8-17-12)15(20)13-6-5-11(16)10-14(13)19/h2-6,8,10,19H,7,9H2,1H3. The Bertz CT molecular complexity index is 602. The molecule has 0 bridgehead atoms. The quantitative estimate of drug-likeness (QED) is 0.935. The summed E-state index contributed by atoms with van der Waals surface area (Å²) in [7, 11) is 1.72. The number of pyridine rings is 1. The highest BCUT2D eigenvalue weighted by atomic mass is 79.9. The van der Waals surface area contributed by atoms with Gasteiger partial charge in [-0.05, 0) is 30.3 Å². The van der Waals surface area contributed by atoms with Crippen molar-refractivity contribution in [2.45, 2.75) is 6.42 Å². The number of amides is 1.